The van der Waals surface area contributed by atoms with Crippen molar-refractivity contribution in [2.75, 3.05) is 13.7 Å². The lowest BCUT2D eigenvalue weighted by molar-refractivity contribution is -0.124. The topological polar surface area (TPSA) is 100 Å². The van der Waals surface area contributed by atoms with Gasteiger partial charge in [-0.25, -0.2) is 9.48 Å². The molecule has 2 aromatic carbocycles. The Morgan fingerprint density at radius 2 is 1.66 bits per heavy atom. The minimum absolute atomic E-state index is 0.00182. The van der Waals surface area contributed by atoms with E-state index in [1.807, 2.05) is 79.2 Å². The molecular formula is C26H27N5O4. The Morgan fingerprint density at radius 3 is 2.34 bits per heavy atom. The molecule has 2 heterocycles. The Balaban J connectivity index is 1.34. The number of esters is 1. The van der Waals surface area contributed by atoms with Crippen molar-refractivity contribution in [3.05, 3.63) is 95.1 Å². The maximum Gasteiger partial charge on any atom is 0.363 e. The second kappa shape index (κ2) is 10.7. The van der Waals surface area contributed by atoms with E-state index in [1.54, 1.807) is 6.20 Å². The normalized spacial score (nSPS) is 10.7. The number of aromatic nitrogens is 4. The van der Waals surface area contributed by atoms with Gasteiger partial charge in [-0.2, -0.15) is 10.2 Å². The molecule has 0 fully saturated rings. The van der Waals surface area contributed by atoms with Gasteiger partial charge in [0.05, 0.1) is 31.2 Å². The molecule has 0 radical (unpaired) electrons. The van der Waals surface area contributed by atoms with Crippen molar-refractivity contribution in [3.63, 3.8) is 0 Å². The van der Waals surface area contributed by atoms with Crippen LogP contribution >= 0.6 is 0 Å². The summed E-state index contributed by atoms with van der Waals surface area (Å²) in [6.45, 7) is 4.38. The number of ether oxygens (including phenoxy) is 2. The number of carbonyl (C=O) groups is 2. The molecule has 0 bridgehead atoms. The van der Waals surface area contributed by atoms with Gasteiger partial charge in [-0.15, -0.1) is 0 Å². The number of hydrogen-bond donors (Lipinski definition) is 1. The second-order valence-corrected chi connectivity index (χ2v) is 7.97. The van der Waals surface area contributed by atoms with Gasteiger partial charge in [-0.3, -0.25) is 9.48 Å². The molecule has 4 rings (SSSR count). The van der Waals surface area contributed by atoms with E-state index in [0.29, 0.717) is 6.54 Å². The van der Waals surface area contributed by atoms with Crippen LogP contribution in [0.15, 0.2) is 66.9 Å². The highest BCUT2D eigenvalue weighted by atomic mass is 16.5. The zero-order chi connectivity index (χ0) is 24.8. The third-order valence-corrected chi connectivity index (χ3v) is 5.62. The Labute approximate surface area is 203 Å². The van der Waals surface area contributed by atoms with Crippen LogP contribution in [0.25, 0.3) is 5.69 Å². The number of nitrogens with zero attached hydrogens (tertiary/aromatic N) is 4. The van der Waals surface area contributed by atoms with Gasteiger partial charge in [0.1, 0.15) is 0 Å². The van der Waals surface area contributed by atoms with E-state index in [1.165, 1.54) is 11.8 Å². The monoisotopic (exact) mass is 473 g/mol. The van der Waals surface area contributed by atoms with Crippen molar-refractivity contribution in [2.45, 2.75) is 26.9 Å². The fourth-order valence-corrected chi connectivity index (χ4v) is 3.70. The Bertz CT molecular complexity index is 1310. The molecule has 4 aromatic rings. The van der Waals surface area contributed by atoms with E-state index in [0.717, 1.165) is 28.2 Å². The van der Waals surface area contributed by atoms with E-state index in [2.05, 4.69) is 15.5 Å². The van der Waals surface area contributed by atoms with E-state index in [4.69, 9.17) is 9.47 Å². The molecule has 0 aliphatic carbocycles. The summed E-state index contributed by atoms with van der Waals surface area (Å²) in [4.78, 5) is 24.9. The molecule has 0 saturated carbocycles. The van der Waals surface area contributed by atoms with Crippen LogP contribution in [0, 0.1) is 13.8 Å². The molecule has 0 saturated heterocycles. The average Bonchev–Trinajstić information content (AvgIpc) is 3.43. The number of hydrogen-bond acceptors (Lipinski definition) is 6. The van der Waals surface area contributed by atoms with Crippen LogP contribution in [-0.4, -0.2) is 45.2 Å². The fraction of sp³-hybridized carbons (Fsp3) is 0.231. The van der Waals surface area contributed by atoms with Gasteiger partial charge in [0.25, 0.3) is 5.91 Å². The van der Waals surface area contributed by atoms with Gasteiger partial charge in [0.2, 0.25) is 5.69 Å². The zero-order valence-electron chi connectivity index (χ0n) is 19.9. The molecule has 9 heteroatoms. The van der Waals surface area contributed by atoms with Gasteiger partial charge in [-0.05, 0) is 31.5 Å². The molecular weight excluding hydrogens is 446 g/mol. The molecule has 0 aliphatic heterocycles. The van der Waals surface area contributed by atoms with Crippen molar-refractivity contribution < 1.29 is 19.1 Å². The lowest BCUT2D eigenvalue weighted by Gasteiger charge is -2.08. The van der Waals surface area contributed by atoms with Crippen LogP contribution in [-0.2, 0) is 22.6 Å². The summed E-state index contributed by atoms with van der Waals surface area (Å²) in [6.07, 6.45) is 1.59. The zero-order valence-corrected chi connectivity index (χ0v) is 19.9. The number of benzene rings is 2. The molecule has 9 nitrogen and oxygen atoms in total. The molecule has 0 spiro atoms. The Morgan fingerprint density at radius 1 is 0.971 bits per heavy atom. The lowest BCUT2D eigenvalue weighted by atomic mass is 10.2. The van der Waals surface area contributed by atoms with Crippen molar-refractivity contribution in [1.82, 2.24) is 24.9 Å². The second-order valence-electron chi connectivity index (χ2n) is 7.97. The largest absolute Gasteiger partial charge is 0.493 e. The fourth-order valence-electron chi connectivity index (χ4n) is 3.70. The van der Waals surface area contributed by atoms with Crippen LogP contribution in [0.2, 0.25) is 0 Å². The Kier molecular flexibility index (Phi) is 7.25. The summed E-state index contributed by atoms with van der Waals surface area (Å²) in [6, 6.07) is 19.4. The average molecular weight is 474 g/mol. The van der Waals surface area contributed by atoms with Crippen LogP contribution < -0.4 is 10.1 Å². The SMILES string of the molecule is COc1cn(-c2ccccc2)nc1C(=O)OCC(=O)NCc1c(C)nn(Cc2ccccc2)c1C. The number of amides is 1. The third-order valence-electron chi connectivity index (χ3n) is 5.62. The standard InChI is InChI=1S/C26H27N5O4/c1-18-22(19(2)30(28-18)15-20-10-6-4-7-11-20)14-27-24(32)17-35-26(33)25-23(34-3)16-31(29-25)21-12-8-5-9-13-21/h4-13,16H,14-15,17H2,1-3H3,(H,27,32). The van der Waals surface area contributed by atoms with Gasteiger partial charge >= 0.3 is 5.97 Å². The van der Waals surface area contributed by atoms with Crippen LogP contribution in [0.4, 0.5) is 0 Å². The van der Waals surface area contributed by atoms with E-state index < -0.39 is 18.5 Å². The van der Waals surface area contributed by atoms with Crippen LogP contribution in [0.1, 0.15) is 33.0 Å². The molecule has 1 amide bonds. The van der Waals surface area contributed by atoms with Crippen molar-refractivity contribution in [1.29, 1.82) is 0 Å². The summed E-state index contributed by atoms with van der Waals surface area (Å²) in [5.74, 6) is -0.902. The summed E-state index contributed by atoms with van der Waals surface area (Å²) in [7, 11) is 1.44. The van der Waals surface area contributed by atoms with Gasteiger partial charge in [-0.1, -0.05) is 48.5 Å². The molecule has 0 unspecified atom stereocenters. The van der Waals surface area contributed by atoms with Crippen LogP contribution in [0.3, 0.4) is 0 Å². The molecule has 1 N–H and O–H groups in total. The number of rotatable bonds is 9. The first-order valence-corrected chi connectivity index (χ1v) is 11.2. The maximum atomic E-state index is 12.6. The summed E-state index contributed by atoms with van der Waals surface area (Å²) >= 11 is 0. The summed E-state index contributed by atoms with van der Waals surface area (Å²) in [5.41, 5.74) is 4.65. The van der Waals surface area contributed by atoms with Gasteiger partial charge in [0, 0.05) is 17.8 Å². The number of aryl methyl sites for hydroxylation is 1. The van der Waals surface area contributed by atoms with E-state index >= 15 is 0 Å². The molecule has 0 aliphatic rings. The Hall–Kier alpha value is -4.40. The smallest absolute Gasteiger partial charge is 0.363 e. The predicted molar refractivity (Wildman–Crippen MR) is 129 cm³/mol. The number of methoxy groups -OCH3 is 1. The minimum atomic E-state index is -0.741. The third kappa shape index (κ3) is 5.57. The summed E-state index contributed by atoms with van der Waals surface area (Å²) in [5, 5.41) is 11.7. The number of nitrogens with one attached hydrogen (secondary N) is 1. The highest BCUT2D eigenvalue weighted by Gasteiger charge is 2.21. The number of para-hydroxylation sites is 1. The van der Waals surface area contributed by atoms with Gasteiger partial charge < -0.3 is 14.8 Å². The first-order chi connectivity index (χ1) is 17.0. The highest BCUT2D eigenvalue weighted by molar-refractivity contribution is 5.92. The van der Waals surface area contributed by atoms with Crippen molar-refractivity contribution >= 4 is 11.9 Å². The lowest BCUT2D eigenvalue weighted by Crippen LogP contribution is -2.29. The first kappa shape index (κ1) is 23.7. The van der Waals surface area contributed by atoms with E-state index in [-0.39, 0.29) is 18.0 Å². The molecule has 35 heavy (non-hydrogen) atoms. The highest BCUT2D eigenvalue weighted by Crippen LogP contribution is 2.20. The molecule has 2 aromatic heterocycles. The summed E-state index contributed by atoms with van der Waals surface area (Å²) < 4.78 is 13.9. The molecule has 0 atom stereocenters. The minimum Gasteiger partial charge on any atom is -0.493 e. The first-order valence-electron chi connectivity index (χ1n) is 11.2. The van der Waals surface area contributed by atoms with Crippen molar-refractivity contribution in [3.8, 4) is 11.4 Å². The molecule has 180 valence electrons. The van der Waals surface area contributed by atoms with Crippen molar-refractivity contribution in [2.24, 2.45) is 0 Å². The van der Waals surface area contributed by atoms with Gasteiger partial charge in [0.15, 0.2) is 12.4 Å². The quantitative estimate of drug-likeness (QED) is 0.375. The van der Waals surface area contributed by atoms with Crippen LogP contribution in [0.5, 0.6) is 5.75 Å². The number of carbonyl (C=O) groups excluding carboxylic acids is 2. The predicted octanol–water partition coefficient (Wildman–Crippen LogP) is 3.22. The van der Waals surface area contributed by atoms with E-state index in [9.17, 15) is 9.59 Å². The maximum absolute atomic E-state index is 12.6.